The summed E-state index contributed by atoms with van der Waals surface area (Å²) in [5.74, 6) is -7.18. The molecule has 0 atom stereocenters. The number of rotatable bonds is 2. The molecule has 0 bridgehead atoms. The second kappa shape index (κ2) is 5.41. The van der Waals surface area contributed by atoms with Gasteiger partial charge in [0.05, 0.1) is 5.56 Å². The Kier molecular flexibility index (Phi) is 4.33. The Hall–Kier alpha value is -1.86. The van der Waals surface area contributed by atoms with Gasteiger partial charge in [0.2, 0.25) is 11.7 Å². The van der Waals surface area contributed by atoms with Crippen LogP contribution in [0, 0.1) is 0 Å². The summed E-state index contributed by atoms with van der Waals surface area (Å²) in [5.41, 5.74) is -1.93. The van der Waals surface area contributed by atoms with Crippen LogP contribution < -0.4 is 0 Å². The van der Waals surface area contributed by atoms with Crippen molar-refractivity contribution in [3.8, 4) is 0 Å². The van der Waals surface area contributed by atoms with Gasteiger partial charge in [-0.05, 0) is 12.1 Å². The molecule has 1 aromatic carbocycles. The van der Waals surface area contributed by atoms with Crippen LogP contribution in [0.5, 0.6) is 0 Å². The third kappa shape index (κ3) is 3.55. The lowest BCUT2D eigenvalue weighted by Crippen LogP contribution is -2.04. The van der Waals surface area contributed by atoms with Gasteiger partial charge in [-0.2, -0.15) is 26.3 Å². The summed E-state index contributed by atoms with van der Waals surface area (Å²) in [7, 11) is 0. The molecule has 0 aliphatic rings. The Morgan fingerprint density at radius 3 is 1.58 bits per heavy atom. The van der Waals surface area contributed by atoms with Crippen molar-refractivity contribution < 1.29 is 35.1 Å². The fourth-order valence-corrected chi connectivity index (χ4v) is 1.11. The summed E-state index contributed by atoms with van der Waals surface area (Å²) >= 11 is 0. The van der Waals surface area contributed by atoms with E-state index in [1.54, 1.807) is 0 Å². The molecular formula is C11H4F8. The maximum absolute atomic E-state index is 13.2. The van der Waals surface area contributed by atoms with Gasteiger partial charge in [-0.15, -0.1) is 0 Å². The van der Waals surface area contributed by atoms with Crippen LogP contribution in [0.2, 0.25) is 0 Å². The van der Waals surface area contributed by atoms with E-state index in [1.807, 2.05) is 0 Å². The number of hydrogen-bond acceptors (Lipinski definition) is 0. The monoisotopic (exact) mass is 288 g/mol. The summed E-state index contributed by atoms with van der Waals surface area (Å²) in [6, 6.07) is 1.83. The molecule has 0 N–H and O–H groups in total. The molecule has 0 aliphatic heterocycles. The average Bonchev–Trinajstić information content (AvgIpc) is 2.35. The van der Waals surface area contributed by atoms with E-state index >= 15 is 0 Å². The van der Waals surface area contributed by atoms with Gasteiger partial charge in [0, 0.05) is 5.56 Å². The van der Waals surface area contributed by atoms with Gasteiger partial charge in [0.1, 0.15) is 0 Å². The van der Waals surface area contributed by atoms with Crippen molar-refractivity contribution in [2.45, 2.75) is 6.18 Å². The topological polar surface area (TPSA) is 0 Å². The molecular weight excluding hydrogens is 284 g/mol. The number of allylic oxidation sites excluding steroid dienone is 2. The van der Waals surface area contributed by atoms with Gasteiger partial charge >= 0.3 is 12.3 Å². The van der Waals surface area contributed by atoms with Crippen molar-refractivity contribution in [1.29, 1.82) is 0 Å². The zero-order chi connectivity index (χ0) is 14.8. The van der Waals surface area contributed by atoms with Crippen LogP contribution in [0.25, 0.3) is 5.83 Å². The van der Waals surface area contributed by atoms with Crippen molar-refractivity contribution >= 4 is 5.83 Å². The minimum Gasteiger partial charge on any atom is -0.203 e. The third-order valence-corrected chi connectivity index (χ3v) is 2.02. The van der Waals surface area contributed by atoms with E-state index < -0.39 is 40.9 Å². The lowest BCUT2D eigenvalue weighted by molar-refractivity contribution is -0.137. The van der Waals surface area contributed by atoms with E-state index in [1.165, 1.54) is 0 Å². The summed E-state index contributed by atoms with van der Waals surface area (Å²) in [6.45, 7) is 0. The summed E-state index contributed by atoms with van der Waals surface area (Å²) < 4.78 is 98.3. The average molecular weight is 288 g/mol. The lowest BCUT2D eigenvalue weighted by Gasteiger charge is -2.07. The van der Waals surface area contributed by atoms with Gasteiger partial charge < -0.3 is 0 Å². The highest BCUT2D eigenvalue weighted by Crippen LogP contribution is 2.33. The highest BCUT2D eigenvalue weighted by atomic mass is 19.4. The first-order valence-electron chi connectivity index (χ1n) is 4.58. The van der Waals surface area contributed by atoms with Crippen molar-refractivity contribution in [2.24, 2.45) is 0 Å². The Balaban J connectivity index is 3.19. The van der Waals surface area contributed by atoms with Crippen molar-refractivity contribution in [3.63, 3.8) is 0 Å². The highest BCUT2D eigenvalue weighted by Gasteiger charge is 2.30. The molecule has 0 saturated carbocycles. The number of benzene rings is 1. The maximum atomic E-state index is 13.2. The molecule has 0 nitrogen and oxygen atoms in total. The van der Waals surface area contributed by atoms with E-state index in [0.717, 1.165) is 0 Å². The molecule has 0 amide bonds. The zero-order valence-electron chi connectivity index (χ0n) is 8.83. The van der Waals surface area contributed by atoms with Crippen molar-refractivity contribution in [3.05, 3.63) is 53.1 Å². The largest absolute Gasteiger partial charge is 0.416 e. The first kappa shape index (κ1) is 15.2. The molecule has 8 heteroatoms. The molecule has 104 valence electrons. The highest BCUT2D eigenvalue weighted by molar-refractivity contribution is 5.64. The van der Waals surface area contributed by atoms with Crippen LogP contribution in [0.15, 0.2) is 42.0 Å². The Labute approximate surface area is 101 Å². The quantitative estimate of drug-likeness (QED) is 0.505. The first-order valence-corrected chi connectivity index (χ1v) is 4.58. The van der Waals surface area contributed by atoms with Crippen LogP contribution >= 0.6 is 0 Å². The van der Waals surface area contributed by atoms with Gasteiger partial charge in [0.15, 0.2) is 5.83 Å². The Morgan fingerprint density at radius 1 is 0.737 bits per heavy atom. The summed E-state index contributed by atoms with van der Waals surface area (Å²) in [5, 5.41) is 0. The van der Waals surface area contributed by atoms with Crippen LogP contribution in [0.4, 0.5) is 35.1 Å². The fourth-order valence-electron chi connectivity index (χ4n) is 1.11. The lowest BCUT2D eigenvalue weighted by atomic mass is 10.1. The second-order valence-electron chi connectivity index (χ2n) is 3.28. The molecule has 1 aromatic rings. The normalized spacial score (nSPS) is 13.1. The smallest absolute Gasteiger partial charge is 0.203 e. The molecule has 0 unspecified atom stereocenters. The summed E-state index contributed by atoms with van der Waals surface area (Å²) in [4.78, 5) is 0. The minimum absolute atomic E-state index is 0.412. The molecule has 19 heavy (non-hydrogen) atoms. The third-order valence-electron chi connectivity index (χ3n) is 2.02. The molecule has 0 saturated heterocycles. The van der Waals surface area contributed by atoms with Crippen LogP contribution in [0.3, 0.4) is 0 Å². The standard InChI is InChI=1S/C11H4F8/c12-7(8(13)9(14)10(15)16)5-1-3-6(4-2-5)11(17,18)19/h1-4H/b8-7+. The predicted octanol–water partition coefficient (Wildman–Crippen LogP) is 5.39. The first-order chi connectivity index (χ1) is 8.64. The van der Waals surface area contributed by atoms with Gasteiger partial charge in [-0.25, -0.2) is 8.78 Å². The number of alkyl halides is 3. The molecule has 0 fully saturated rings. The molecule has 0 heterocycles. The number of halogens is 8. The van der Waals surface area contributed by atoms with E-state index in [9.17, 15) is 35.1 Å². The number of hydrogen-bond donors (Lipinski definition) is 0. The van der Waals surface area contributed by atoms with Gasteiger partial charge in [-0.1, -0.05) is 12.1 Å². The van der Waals surface area contributed by atoms with Crippen LogP contribution in [-0.4, -0.2) is 0 Å². The van der Waals surface area contributed by atoms with Crippen LogP contribution in [-0.2, 0) is 6.18 Å². The van der Waals surface area contributed by atoms with Crippen molar-refractivity contribution in [2.75, 3.05) is 0 Å². The molecule has 0 aromatic heterocycles. The predicted molar refractivity (Wildman–Crippen MR) is 50.9 cm³/mol. The van der Waals surface area contributed by atoms with E-state index in [0.29, 0.717) is 24.3 Å². The van der Waals surface area contributed by atoms with Crippen molar-refractivity contribution in [1.82, 2.24) is 0 Å². The zero-order valence-corrected chi connectivity index (χ0v) is 8.83. The maximum Gasteiger partial charge on any atom is 0.416 e. The Bertz CT molecular complexity index is 517. The SMILES string of the molecule is FC(F)=C(F)/C(F)=C(\F)c1ccc(C(F)(F)F)cc1. The summed E-state index contributed by atoms with van der Waals surface area (Å²) in [6.07, 6.45) is -7.76. The second-order valence-corrected chi connectivity index (χ2v) is 3.28. The van der Waals surface area contributed by atoms with Gasteiger partial charge in [0.25, 0.3) is 0 Å². The van der Waals surface area contributed by atoms with E-state index in [2.05, 4.69) is 0 Å². The molecule has 0 aliphatic carbocycles. The molecule has 1 rings (SSSR count). The molecule has 0 radical (unpaired) electrons. The van der Waals surface area contributed by atoms with E-state index in [-0.39, 0.29) is 0 Å². The minimum atomic E-state index is -4.69. The van der Waals surface area contributed by atoms with E-state index in [4.69, 9.17) is 0 Å². The molecule has 0 spiro atoms. The fraction of sp³-hybridized carbons (Fsp3) is 0.0909. The van der Waals surface area contributed by atoms with Crippen LogP contribution in [0.1, 0.15) is 11.1 Å². The Morgan fingerprint density at radius 2 is 1.21 bits per heavy atom. The van der Waals surface area contributed by atoms with Gasteiger partial charge in [-0.3, -0.25) is 0 Å².